The standard InChI is InChI=1S/C21H25NO4/c1-14-8-9-15(12-18(14)24-4)20(23)22-10-11-25-17-7-5-6-16-13-21(2,3)26-19(16)17/h5-9,12H,10-11,13H2,1-4H3,(H,22,23). The first-order chi connectivity index (χ1) is 12.4. The summed E-state index contributed by atoms with van der Waals surface area (Å²) in [6.07, 6.45) is 0.867. The monoisotopic (exact) mass is 355 g/mol. The zero-order valence-corrected chi connectivity index (χ0v) is 15.7. The van der Waals surface area contributed by atoms with Crippen molar-refractivity contribution in [3.63, 3.8) is 0 Å². The van der Waals surface area contributed by atoms with Crippen molar-refractivity contribution in [1.29, 1.82) is 0 Å². The highest BCUT2D eigenvalue weighted by atomic mass is 16.5. The van der Waals surface area contributed by atoms with E-state index in [1.165, 1.54) is 0 Å². The van der Waals surface area contributed by atoms with Gasteiger partial charge in [-0.1, -0.05) is 18.2 Å². The summed E-state index contributed by atoms with van der Waals surface area (Å²) in [5.41, 5.74) is 2.51. The van der Waals surface area contributed by atoms with Gasteiger partial charge in [0.15, 0.2) is 11.5 Å². The topological polar surface area (TPSA) is 56.8 Å². The van der Waals surface area contributed by atoms with Gasteiger partial charge in [0.1, 0.15) is 18.0 Å². The van der Waals surface area contributed by atoms with E-state index in [1.807, 2.05) is 25.1 Å². The molecule has 1 amide bonds. The van der Waals surface area contributed by atoms with Crippen LogP contribution in [0, 0.1) is 6.92 Å². The minimum Gasteiger partial charge on any atom is -0.496 e. The summed E-state index contributed by atoms with van der Waals surface area (Å²) in [5.74, 6) is 2.09. The first kappa shape index (κ1) is 18.1. The van der Waals surface area contributed by atoms with E-state index in [0.29, 0.717) is 24.5 Å². The number of aryl methyl sites for hydroxylation is 1. The third-order valence-corrected chi connectivity index (χ3v) is 4.37. The molecule has 1 aliphatic rings. The molecule has 0 saturated heterocycles. The third kappa shape index (κ3) is 3.93. The van der Waals surface area contributed by atoms with Gasteiger partial charge >= 0.3 is 0 Å². The zero-order valence-electron chi connectivity index (χ0n) is 15.7. The van der Waals surface area contributed by atoms with Crippen LogP contribution in [0.4, 0.5) is 0 Å². The number of hydrogen-bond donors (Lipinski definition) is 1. The van der Waals surface area contributed by atoms with Gasteiger partial charge in [0.05, 0.1) is 13.7 Å². The van der Waals surface area contributed by atoms with E-state index in [9.17, 15) is 4.79 Å². The minimum absolute atomic E-state index is 0.150. The molecule has 0 bridgehead atoms. The molecule has 5 heteroatoms. The molecular formula is C21H25NO4. The molecule has 0 fully saturated rings. The first-order valence-corrected chi connectivity index (χ1v) is 8.76. The van der Waals surface area contributed by atoms with Crippen LogP contribution in [0.25, 0.3) is 0 Å². The molecule has 2 aromatic carbocycles. The average Bonchev–Trinajstić information content (AvgIpc) is 2.93. The van der Waals surface area contributed by atoms with E-state index in [2.05, 4.69) is 25.2 Å². The molecule has 0 spiro atoms. The van der Waals surface area contributed by atoms with Gasteiger partial charge in [-0.05, 0) is 44.5 Å². The van der Waals surface area contributed by atoms with Gasteiger partial charge < -0.3 is 19.5 Å². The second-order valence-corrected chi connectivity index (χ2v) is 7.07. The molecule has 1 N–H and O–H groups in total. The Morgan fingerprint density at radius 3 is 2.81 bits per heavy atom. The van der Waals surface area contributed by atoms with Crippen molar-refractivity contribution < 1.29 is 19.0 Å². The molecule has 0 atom stereocenters. The quantitative estimate of drug-likeness (QED) is 0.806. The van der Waals surface area contributed by atoms with Crippen molar-refractivity contribution in [2.45, 2.75) is 32.8 Å². The molecule has 1 heterocycles. The Labute approximate surface area is 154 Å². The van der Waals surface area contributed by atoms with E-state index in [0.717, 1.165) is 29.0 Å². The summed E-state index contributed by atoms with van der Waals surface area (Å²) in [7, 11) is 1.60. The normalized spacial score (nSPS) is 14.3. The summed E-state index contributed by atoms with van der Waals surface area (Å²) in [6.45, 7) is 6.84. The Morgan fingerprint density at radius 2 is 2.04 bits per heavy atom. The lowest BCUT2D eigenvalue weighted by Gasteiger charge is -2.18. The zero-order chi connectivity index (χ0) is 18.7. The number of methoxy groups -OCH3 is 1. The average molecular weight is 355 g/mol. The fraction of sp³-hybridized carbons (Fsp3) is 0.381. The number of ether oxygens (including phenoxy) is 3. The number of carbonyl (C=O) groups is 1. The first-order valence-electron chi connectivity index (χ1n) is 8.76. The van der Waals surface area contributed by atoms with Crippen molar-refractivity contribution in [2.24, 2.45) is 0 Å². The van der Waals surface area contributed by atoms with Crippen molar-refractivity contribution in [3.05, 3.63) is 53.1 Å². The Hall–Kier alpha value is -2.69. The summed E-state index contributed by atoms with van der Waals surface area (Å²) >= 11 is 0. The van der Waals surface area contributed by atoms with Crippen molar-refractivity contribution >= 4 is 5.91 Å². The Kier molecular flexibility index (Phi) is 5.07. The molecule has 3 rings (SSSR count). The number of fused-ring (bicyclic) bond motifs is 1. The van der Waals surface area contributed by atoms with Crippen LogP contribution in [0.2, 0.25) is 0 Å². The number of hydrogen-bond acceptors (Lipinski definition) is 4. The van der Waals surface area contributed by atoms with Crippen LogP contribution in [-0.2, 0) is 6.42 Å². The number of benzene rings is 2. The van der Waals surface area contributed by atoms with Gasteiger partial charge in [0, 0.05) is 17.5 Å². The van der Waals surface area contributed by atoms with Crippen LogP contribution < -0.4 is 19.5 Å². The van der Waals surface area contributed by atoms with Crippen LogP contribution in [0.1, 0.15) is 35.3 Å². The predicted octanol–water partition coefficient (Wildman–Crippen LogP) is 3.53. The second kappa shape index (κ2) is 7.28. The van der Waals surface area contributed by atoms with Crippen LogP contribution in [-0.4, -0.2) is 31.8 Å². The van der Waals surface area contributed by atoms with Gasteiger partial charge in [-0.2, -0.15) is 0 Å². The van der Waals surface area contributed by atoms with E-state index < -0.39 is 0 Å². The molecule has 0 radical (unpaired) electrons. The lowest BCUT2D eigenvalue weighted by molar-refractivity contribution is 0.0946. The minimum atomic E-state index is -0.208. The van der Waals surface area contributed by atoms with Crippen LogP contribution in [0.3, 0.4) is 0 Å². The Balaban J connectivity index is 1.54. The number of amides is 1. The molecule has 0 saturated carbocycles. The third-order valence-electron chi connectivity index (χ3n) is 4.37. The number of rotatable bonds is 6. The molecule has 26 heavy (non-hydrogen) atoms. The maximum atomic E-state index is 12.3. The van der Waals surface area contributed by atoms with Gasteiger partial charge in [-0.15, -0.1) is 0 Å². The van der Waals surface area contributed by atoms with Gasteiger partial charge in [0.25, 0.3) is 5.91 Å². The van der Waals surface area contributed by atoms with Gasteiger partial charge in [-0.3, -0.25) is 4.79 Å². The summed E-state index contributed by atoms with van der Waals surface area (Å²) in [5, 5.41) is 2.86. The van der Waals surface area contributed by atoms with E-state index in [-0.39, 0.29) is 11.5 Å². The number of carbonyl (C=O) groups excluding carboxylic acids is 1. The molecule has 0 aromatic heterocycles. The number of para-hydroxylation sites is 1. The van der Waals surface area contributed by atoms with Crippen molar-refractivity contribution in [2.75, 3.05) is 20.3 Å². The van der Waals surface area contributed by atoms with E-state index in [1.54, 1.807) is 19.2 Å². The lowest BCUT2D eigenvalue weighted by atomic mass is 10.0. The molecule has 5 nitrogen and oxygen atoms in total. The Bertz CT molecular complexity index is 814. The van der Waals surface area contributed by atoms with Gasteiger partial charge in [-0.25, -0.2) is 0 Å². The maximum Gasteiger partial charge on any atom is 0.251 e. The van der Waals surface area contributed by atoms with Crippen LogP contribution in [0.15, 0.2) is 36.4 Å². The highest BCUT2D eigenvalue weighted by Gasteiger charge is 2.32. The molecule has 2 aromatic rings. The summed E-state index contributed by atoms with van der Waals surface area (Å²) in [4.78, 5) is 12.3. The van der Waals surface area contributed by atoms with E-state index in [4.69, 9.17) is 14.2 Å². The van der Waals surface area contributed by atoms with Crippen LogP contribution in [0.5, 0.6) is 17.2 Å². The predicted molar refractivity (Wildman–Crippen MR) is 100 cm³/mol. The summed E-state index contributed by atoms with van der Waals surface area (Å²) < 4.78 is 17.1. The largest absolute Gasteiger partial charge is 0.496 e. The molecular weight excluding hydrogens is 330 g/mol. The van der Waals surface area contributed by atoms with Crippen LogP contribution >= 0.6 is 0 Å². The summed E-state index contributed by atoms with van der Waals surface area (Å²) in [6, 6.07) is 11.3. The molecule has 138 valence electrons. The maximum absolute atomic E-state index is 12.3. The fourth-order valence-electron chi connectivity index (χ4n) is 3.09. The highest BCUT2D eigenvalue weighted by Crippen LogP contribution is 2.41. The molecule has 1 aliphatic heterocycles. The SMILES string of the molecule is COc1cc(C(=O)NCCOc2cccc3c2OC(C)(C)C3)ccc1C. The number of nitrogens with one attached hydrogen (secondary N) is 1. The van der Waals surface area contributed by atoms with Gasteiger partial charge in [0.2, 0.25) is 0 Å². The highest BCUT2D eigenvalue weighted by molar-refractivity contribution is 5.94. The molecule has 0 unspecified atom stereocenters. The van der Waals surface area contributed by atoms with Crippen molar-refractivity contribution in [3.8, 4) is 17.2 Å². The fourth-order valence-corrected chi connectivity index (χ4v) is 3.09. The lowest BCUT2D eigenvalue weighted by Crippen LogP contribution is -2.28. The van der Waals surface area contributed by atoms with E-state index >= 15 is 0 Å². The molecule has 0 aliphatic carbocycles. The smallest absolute Gasteiger partial charge is 0.251 e. The Morgan fingerprint density at radius 1 is 1.23 bits per heavy atom. The second-order valence-electron chi connectivity index (χ2n) is 7.07. The van der Waals surface area contributed by atoms with Crippen molar-refractivity contribution in [1.82, 2.24) is 5.32 Å².